The summed E-state index contributed by atoms with van der Waals surface area (Å²) < 4.78 is 1.79. The highest BCUT2D eigenvalue weighted by molar-refractivity contribution is 5.49. The first kappa shape index (κ1) is 25.4. The number of hydrogen-bond donors (Lipinski definition) is 0. The summed E-state index contributed by atoms with van der Waals surface area (Å²) in [5.41, 5.74) is 5.11. The number of aromatic nitrogens is 4. The van der Waals surface area contributed by atoms with E-state index in [0.717, 1.165) is 55.1 Å². The first-order chi connectivity index (χ1) is 18.5. The molecule has 0 saturated carbocycles. The summed E-state index contributed by atoms with van der Waals surface area (Å²) in [4.78, 5) is 16.0. The first-order valence-corrected chi connectivity index (χ1v) is 12.8. The average molecular weight is 510 g/mol. The molecule has 194 valence electrons. The molecule has 0 radical (unpaired) electrons. The number of nitro benzene ring substituents is 1. The third kappa shape index (κ3) is 5.53. The van der Waals surface area contributed by atoms with Gasteiger partial charge in [-0.25, -0.2) is 0 Å². The minimum Gasteiger partial charge on any atom is -0.297 e. The molecule has 0 N–H and O–H groups in total. The molecule has 1 atom stereocenters. The first-order valence-electron chi connectivity index (χ1n) is 12.8. The third-order valence-corrected chi connectivity index (χ3v) is 7.03. The van der Waals surface area contributed by atoms with Crippen LogP contribution in [0.25, 0.3) is 11.8 Å². The number of aryl methyl sites for hydroxylation is 2. The van der Waals surface area contributed by atoms with Crippen LogP contribution in [-0.2, 0) is 0 Å². The Bertz CT molecular complexity index is 1410. The van der Waals surface area contributed by atoms with Crippen LogP contribution in [0.5, 0.6) is 0 Å². The Morgan fingerprint density at radius 2 is 1.66 bits per heavy atom. The van der Waals surface area contributed by atoms with Crippen molar-refractivity contribution in [1.29, 1.82) is 0 Å². The number of tetrazole rings is 1. The van der Waals surface area contributed by atoms with Gasteiger partial charge in [0.25, 0.3) is 5.69 Å². The monoisotopic (exact) mass is 509 g/mol. The molecule has 1 aliphatic rings. The van der Waals surface area contributed by atoms with Gasteiger partial charge in [0.2, 0.25) is 0 Å². The molecule has 1 aromatic heterocycles. The maximum Gasteiger partial charge on any atom is 0.269 e. The summed E-state index contributed by atoms with van der Waals surface area (Å²) >= 11 is 0. The Balaban J connectivity index is 1.43. The van der Waals surface area contributed by atoms with E-state index in [1.54, 1.807) is 16.8 Å². The second-order valence-corrected chi connectivity index (χ2v) is 9.59. The minimum absolute atomic E-state index is 0.0586. The number of para-hydroxylation sites is 1. The van der Waals surface area contributed by atoms with Crippen LogP contribution in [0.4, 0.5) is 5.69 Å². The SMILES string of the molecule is Cc1cccc(C)c1-n1nnnc1[C@H](c1cccc([N+](=O)[O-])c1)N1CCN(C/C=C/c2ccccc2)CC1. The van der Waals surface area contributed by atoms with Gasteiger partial charge in [-0.15, -0.1) is 5.10 Å². The van der Waals surface area contributed by atoms with Gasteiger partial charge in [0.05, 0.1) is 16.7 Å². The van der Waals surface area contributed by atoms with Gasteiger partial charge in [0, 0.05) is 44.9 Å². The van der Waals surface area contributed by atoms with E-state index in [1.165, 1.54) is 11.6 Å². The van der Waals surface area contributed by atoms with Crippen LogP contribution in [-0.4, -0.2) is 67.7 Å². The second kappa shape index (κ2) is 11.5. The molecule has 0 unspecified atom stereocenters. The van der Waals surface area contributed by atoms with Crippen molar-refractivity contribution in [3.63, 3.8) is 0 Å². The van der Waals surface area contributed by atoms with Crippen molar-refractivity contribution in [2.24, 2.45) is 0 Å². The van der Waals surface area contributed by atoms with Crippen LogP contribution in [0.1, 0.15) is 34.1 Å². The van der Waals surface area contributed by atoms with Gasteiger partial charge >= 0.3 is 0 Å². The zero-order chi connectivity index (χ0) is 26.5. The number of nitrogens with zero attached hydrogens (tertiary/aromatic N) is 7. The summed E-state index contributed by atoms with van der Waals surface area (Å²) in [5.74, 6) is 0.653. The molecule has 38 heavy (non-hydrogen) atoms. The molecular formula is C29H31N7O2. The lowest BCUT2D eigenvalue weighted by Crippen LogP contribution is -2.48. The highest BCUT2D eigenvalue weighted by Crippen LogP contribution is 2.32. The van der Waals surface area contributed by atoms with Crippen molar-refractivity contribution in [3.05, 3.63) is 117 Å². The lowest BCUT2D eigenvalue weighted by Gasteiger charge is -2.38. The quantitative estimate of drug-likeness (QED) is 0.253. The van der Waals surface area contributed by atoms with E-state index in [4.69, 9.17) is 0 Å². The fourth-order valence-electron chi connectivity index (χ4n) is 5.10. The molecular weight excluding hydrogens is 478 g/mol. The van der Waals surface area contributed by atoms with Crippen LogP contribution in [0, 0.1) is 24.0 Å². The van der Waals surface area contributed by atoms with Crippen molar-refractivity contribution < 1.29 is 4.92 Å². The van der Waals surface area contributed by atoms with Gasteiger partial charge in [0.1, 0.15) is 0 Å². The summed E-state index contributed by atoms with van der Waals surface area (Å²) in [6.07, 6.45) is 4.35. The molecule has 9 heteroatoms. The van der Waals surface area contributed by atoms with E-state index in [1.807, 2.05) is 56.3 Å². The van der Waals surface area contributed by atoms with E-state index >= 15 is 0 Å². The summed E-state index contributed by atoms with van der Waals surface area (Å²) in [7, 11) is 0. The summed E-state index contributed by atoms with van der Waals surface area (Å²) in [6.45, 7) is 8.25. The van der Waals surface area contributed by atoms with Crippen LogP contribution >= 0.6 is 0 Å². The van der Waals surface area contributed by atoms with Crippen LogP contribution in [0.15, 0.2) is 78.9 Å². The lowest BCUT2D eigenvalue weighted by molar-refractivity contribution is -0.384. The summed E-state index contributed by atoms with van der Waals surface area (Å²) in [5, 5.41) is 24.5. The number of non-ortho nitro benzene ring substituents is 1. The van der Waals surface area contributed by atoms with Crippen molar-refractivity contribution in [3.8, 4) is 5.69 Å². The highest BCUT2D eigenvalue weighted by atomic mass is 16.6. The second-order valence-electron chi connectivity index (χ2n) is 9.59. The Labute approximate surface area is 222 Å². The Kier molecular flexibility index (Phi) is 7.67. The van der Waals surface area contributed by atoms with Crippen molar-refractivity contribution in [2.75, 3.05) is 32.7 Å². The Morgan fingerprint density at radius 1 is 0.947 bits per heavy atom. The number of rotatable bonds is 8. The van der Waals surface area contributed by atoms with Crippen LogP contribution < -0.4 is 0 Å². The minimum atomic E-state index is -0.355. The van der Waals surface area contributed by atoms with Gasteiger partial charge < -0.3 is 0 Å². The fourth-order valence-corrected chi connectivity index (χ4v) is 5.10. The highest BCUT2D eigenvalue weighted by Gasteiger charge is 2.32. The molecule has 0 bridgehead atoms. The summed E-state index contributed by atoms with van der Waals surface area (Å²) in [6, 6.07) is 22.9. The molecule has 1 fully saturated rings. The van der Waals surface area contributed by atoms with Crippen molar-refractivity contribution in [1.82, 2.24) is 30.0 Å². The van der Waals surface area contributed by atoms with E-state index in [2.05, 4.69) is 49.6 Å². The number of nitro groups is 1. The fraction of sp³-hybridized carbons (Fsp3) is 0.276. The Morgan fingerprint density at radius 3 is 2.37 bits per heavy atom. The predicted molar refractivity (Wildman–Crippen MR) is 147 cm³/mol. The molecule has 0 amide bonds. The zero-order valence-electron chi connectivity index (χ0n) is 21.6. The van der Waals surface area contributed by atoms with Crippen LogP contribution in [0.2, 0.25) is 0 Å². The van der Waals surface area contributed by atoms with Gasteiger partial charge in [-0.05, 0) is 46.5 Å². The maximum absolute atomic E-state index is 11.6. The van der Waals surface area contributed by atoms with Crippen molar-refractivity contribution >= 4 is 11.8 Å². The van der Waals surface area contributed by atoms with E-state index < -0.39 is 0 Å². The lowest BCUT2D eigenvalue weighted by atomic mass is 10.0. The predicted octanol–water partition coefficient (Wildman–Crippen LogP) is 4.61. The molecule has 9 nitrogen and oxygen atoms in total. The molecule has 1 saturated heterocycles. The van der Waals surface area contributed by atoms with E-state index in [-0.39, 0.29) is 16.7 Å². The largest absolute Gasteiger partial charge is 0.297 e. The molecule has 0 spiro atoms. The number of piperazine rings is 1. The van der Waals surface area contributed by atoms with Gasteiger partial charge in [-0.3, -0.25) is 19.9 Å². The van der Waals surface area contributed by atoms with Crippen LogP contribution in [0.3, 0.4) is 0 Å². The molecule has 4 aromatic rings. The molecule has 0 aliphatic carbocycles. The normalized spacial score (nSPS) is 15.6. The van der Waals surface area contributed by atoms with Crippen molar-refractivity contribution in [2.45, 2.75) is 19.9 Å². The average Bonchev–Trinajstić information content (AvgIpc) is 3.39. The zero-order valence-corrected chi connectivity index (χ0v) is 21.6. The Hall–Kier alpha value is -4.21. The van der Waals surface area contributed by atoms with Gasteiger partial charge in [-0.1, -0.05) is 72.8 Å². The van der Waals surface area contributed by atoms with E-state index in [0.29, 0.717) is 5.82 Å². The third-order valence-electron chi connectivity index (χ3n) is 7.03. The van der Waals surface area contributed by atoms with E-state index in [9.17, 15) is 10.1 Å². The molecule has 5 rings (SSSR count). The maximum atomic E-state index is 11.6. The molecule has 1 aliphatic heterocycles. The number of hydrogen-bond acceptors (Lipinski definition) is 7. The molecule has 3 aromatic carbocycles. The van der Waals surface area contributed by atoms with Gasteiger partial charge in [0.15, 0.2) is 5.82 Å². The molecule has 2 heterocycles. The smallest absolute Gasteiger partial charge is 0.269 e. The van der Waals surface area contributed by atoms with Gasteiger partial charge in [-0.2, -0.15) is 4.68 Å². The topological polar surface area (TPSA) is 93.2 Å². The number of benzene rings is 3. The standard InChI is InChI=1S/C29H31N7O2/c1-22-9-6-10-23(2)27(22)35-29(30-31-32-35)28(25-14-7-15-26(21-25)36(37)38)34-19-17-33(18-20-34)16-8-13-24-11-4-3-5-12-24/h3-15,21,28H,16-20H2,1-2H3/b13-8+/t28-/m0/s1.